The Balaban J connectivity index is 2.37. The van der Waals surface area contributed by atoms with Gasteiger partial charge in [0.25, 0.3) is 0 Å². The summed E-state index contributed by atoms with van der Waals surface area (Å²) in [6.07, 6.45) is 1.08. The highest BCUT2D eigenvalue weighted by atomic mass is 32.2. The van der Waals surface area contributed by atoms with E-state index in [4.69, 9.17) is 5.73 Å². The summed E-state index contributed by atoms with van der Waals surface area (Å²) in [5, 5.41) is 19.4. The molecule has 8 nitrogen and oxygen atoms in total. The summed E-state index contributed by atoms with van der Waals surface area (Å²) in [4.78, 5) is 17.6. The Labute approximate surface area is 103 Å². The van der Waals surface area contributed by atoms with Gasteiger partial charge in [0.1, 0.15) is 11.2 Å². The molecular weight excluding hydrogens is 264 g/mol. The fourth-order valence-electron chi connectivity index (χ4n) is 0.975. The molecule has 0 spiro atoms. The Morgan fingerprint density at radius 3 is 2.88 bits per heavy atom. The first kappa shape index (κ1) is 11.7. The number of aromatic nitrogens is 4. The van der Waals surface area contributed by atoms with Crippen molar-refractivity contribution in [3.63, 3.8) is 0 Å². The predicted molar refractivity (Wildman–Crippen MR) is 61.9 cm³/mol. The van der Waals surface area contributed by atoms with Gasteiger partial charge >= 0.3 is 5.69 Å². The largest absolute Gasteiger partial charge is 0.368 e. The Hall–Kier alpha value is -1.81. The van der Waals surface area contributed by atoms with E-state index in [1.807, 2.05) is 0 Å². The van der Waals surface area contributed by atoms with Gasteiger partial charge < -0.3 is 5.73 Å². The number of nitrogens with two attached hydrogens (primary N) is 1. The van der Waals surface area contributed by atoms with Crippen LogP contribution in [0.4, 0.5) is 11.6 Å². The minimum atomic E-state index is -0.560. The Bertz CT molecular complexity index is 571. The molecule has 0 fully saturated rings. The number of aryl methyl sites for hydroxylation is 1. The molecule has 0 atom stereocenters. The van der Waals surface area contributed by atoms with Crippen molar-refractivity contribution >= 4 is 34.7 Å². The van der Waals surface area contributed by atoms with Crippen LogP contribution in [0.5, 0.6) is 0 Å². The molecule has 0 bridgehead atoms. The highest BCUT2D eigenvalue weighted by molar-refractivity contribution is 8.01. The molecule has 88 valence electrons. The molecule has 0 unspecified atom stereocenters. The molecule has 0 aliphatic heterocycles. The quantitative estimate of drug-likeness (QED) is 0.503. The second-order valence-corrected chi connectivity index (χ2v) is 5.28. The lowest BCUT2D eigenvalue weighted by Crippen LogP contribution is -2.00. The fraction of sp³-hybridized carbons (Fsp3) is 0.143. The molecule has 0 aliphatic rings. The third-order valence-electron chi connectivity index (χ3n) is 1.64. The molecule has 2 heterocycles. The van der Waals surface area contributed by atoms with Crippen LogP contribution in [0.1, 0.15) is 5.01 Å². The number of nitro groups is 1. The molecule has 0 amide bonds. The molecule has 0 saturated carbocycles. The second-order valence-electron chi connectivity index (χ2n) is 2.86. The predicted octanol–water partition coefficient (Wildman–Crippen LogP) is 1.28. The molecule has 2 N–H and O–H groups in total. The minimum absolute atomic E-state index is 0.0145. The zero-order chi connectivity index (χ0) is 12.4. The molecule has 2 aromatic rings. The van der Waals surface area contributed by atoms with Gasteiger partial charge in [0.2, 0.25) is 5.95 Å². The van der Waals surface area contributed by atoms with Gasteiger partial charge in [-0.25, -0.2) is 4.98 Å². The Kier molecular flexibility index (Phi) is 3.15. The van der Waals surface area contributed by atoms with E-state index in [1.54, 1.807) is 6.92 Å². The van der Waals surface area contributed by atoms with Crippen LogP contribution in [0, 0.1) is 17.0 Å². The molecular formula is C7H6N6O2S2. The van der Waals surface area contributed by atoms with Crippen molar-refractivity contribution in [2.75, 3.05) is 5.73 Å². The Morgan fingerprint density at radius 1 is 1.53 bits per heavy atom. The lowest BCUT2D eigenvalue weighted by Gasteiger charge is -1.99. The van der Waals surface area contributed by atoms with Crippen LogP contribution >= 0.6 is 23.1 Å². The van der Waals surface area contributed by atoms with Gasteiger partial charge in [-0.3, -0.25) is 10.1 Å². The average Bonchev–Trinajstić information content (AvgIpc) is 2.63. The number of nitrogen functional groups attached to an aromatic ring is 1. The van der Waals surface area contributed by atoms with Gasteiger partial charge in [-0.2, -0.15) is 4.98 Å². The SMILES string of the molecule is Cc1nnc(Sc2nc(N)ncc2[N+](=O)[O-])s1. The van der Waals surface area contributed by atoms with E-state index in [1.165, 1.54) is 11.3 Å². The van der Waals surface area contributed by atoms with E-state index in [0.29, 0.717) is 4.34 Å². The summed E-state index contributed by atoms with van der Waals surface area (Å²) in [6, 6.07) is 0. The minimum Gasteiger partial charge on any atom is -0.368 e. The maximum Gasteiger partial charge on any atom is 0.320 e. The van der Waals surface area contributed by atoms with Gasteiger partial charge in [-0.15, -0.1) is 10.2 Å². The van der Waals surface area contributed by atoms with Gasteiger partial charge in [-0.1, -0.05) is 11.3 Å². The van der Waals surface area contributed by atoms with E-state index < -0.39 is 4.92 Å². The summed E-state index contributed by atoms with van der Waals surface area (Å²) < 4.78 is 0.573. The van der Waals surface area contributed by atoms with Crippen LogP contribution in [0.25, 0.3) is 0 Å². The van der Waals surface area contributed by atoms with E-state index >= 15 is 0 Å². The third-order valence-corrected chi connectivity index (χ3v) is 3.53. The average molecular weight is 270 g/mol. The van der Waals surface area contributed by atoms with Gasteiger partial charge in [0.15, 0.2) is 9.37 Å². The van der Waals surface area contributed by atoms with E-state index in [2.05, 4.69) is 20.2 Å². The summed E-state index contributed by atoms with van der Waals surface area (Å²) >= 11 is 2.38. The third kappa shape index (κ3) is 2.65. The first-order valence-electron chi connectivity index (χ1n) is 4.31. The fourth-order valence-corrected chi connectivity index (χ4v) is 2.77. The first-order chi connectivity index (χ1) is 8.06. The summed E-state index contributed by atoms with van der Waals surface area (Å²) in [5.74, 6) is -0.0145. The lowest BCUT2D eigenvalue weighted by atomic mass is 10.5. The summed E-state index contributed by atoms with van der Waals surface area (Å²) in [5.41, 5.74) is 5.20. The van der Waals surface area contributed by atoms with E-state index in [0.717, 1.165) is 23.0 Å². The van der Waals surface area contributed by atoms with Crippen molar-refractivity contribution in [2.24, 2.45) is 0 Å². The summed E-state index contributed by atoms with van der Waals surface area (Å²) in [7, 11) is 0. The molecule has 0 aliphatic carbocycles. The summed E-state index contributed by atoms with van der Waals surface area (Å²) in [6.45, 7) is 1.80. The van der Waals surface area contributed by atoms with Crippen molar-refractivity contribution in [2.45, 2.75) is 16.3 Å². The molecule has 0 radical (unpaired) electrons. The first-order valence-corrected chi connectivity index (χ1v) is 5.94. The molecule has 10 heteroatoms. The maximum absolute atomic E-state index is 10.8. The molecule has 17 heavy (non-hydrogen) atoms. The number of nitrogens with zero attached hydrogens (tertiary/aromatic N) is 5. The van der Waals surface area contributed by atoms with Crippen molar-refractivity contribution < 1.29 is 4.92 Å². The number of anilines is 1. The van der Waals surface area contributed by atoms with Crippen molar-refractivity contribution in [3.8, 4) is 0 Å². The number of hydrogen-bond acceptors (Lipinski definition) is 9. The molecule has 0 aromatic carbocycles. The van der Waals surface area contributed by atoms with Crippen LogP contribution < -0.4 is 5.73 Å². The van der Waals surface area contributed by atoms with Gasteiger partial charge in [-0.05, 0) is 18.7 Å². The monoisotopic (exact) mass is 270 g/mol. The molecule has 2 rings (SSSR count). The molecule has 2 aromatic heterocycles. The normalized spacial score (nSPS) is 10.4. The molecule has 0 saturated heterocycles. The zero-order valence-electron chi connectivity index (χ0n) is 8.52. The van der Waals surface area contributed by atoms with Crippen molar-refractivity contribution in [3.05, 3.63) is 21.3 Å². The van der Waals surface area contributed by atoms with Crippen LogP contribution in [-0.2, 0) is 0 Å². The maximum atomic E-state index is 10.8. The van der Waals surface area contributed by atoms with Crippen molar-refractivity contribution in [1.29, 1.82) is 0 Å². The number of rotatable bonds is 3. The van der Waals surface area contributed by atoms with Crippen LogP contribution in [0.2, 0.25) is 0 Å². The lowest BCUT2D eigenvalue weighted by molar-refractivity contribution is -0.388. The standard InChI is InChI=1S/C7H6N6O2S2/c1-3-11-12-7(16-3)17-5-4(13(14)15)2-9-6(8)10-5/h2H,1H3,(H2,8,9,10). The topological polar surface area (TPSA) is 121 Å². The van der Waals surface area contributed by atoms with Crippen molar-refractivity contribution in [1.82, 2.24) is 20.2 Å². The Morgan fingerprint density at radius 2 is 2.29 bits per heavy atom. The van der Waals surface area contributed by atoms with Gasteiger partial charge in [0, 0.05) is 0 Å². The number of hydrogen-bond donors (Lipinski definition) is 1. The second kappa shape index (κ2) is 4.59. The highest BCUT2D eigenvalue weighted by Gasteiger charge is 2.19. The van der Waals surface area contributed by atoms with Gasteiger partial charge in [0.05, 0.1) is 4.92 Å². The van der Waals surface area contributed by atoms with Crippen LogP contribution in [0.3, 0.4) is 0 Å². The highest BCUT2D eigenvalue weighted by Crippen LogP contribution is 2.34. The van der Waals surface area contributed by atoms with Crippen LogP contribution in [0.15, 0.2) is 15.6 Å². The van der Waals surface area contributed by atoms with E-state index in [9.17, 15) is 10.1 Å². The zero-order valence-corrected chi connectivity index (χ0v) is 10.2. The van der Waals surface area contributed by atoms with E-state index in [-0.39, 0.29) is 16.7 Å². The smallest absolute Gasteiger partial charge is 0.320 e. The van der Waals surface area contributed by atoms with Crippen LogP contribution in [-0.4, -0.2) is 25.1 Å².